The van der Waals surface area contributed by atoms with Gasteiger partial charge < -0.3 is 15.4 Å². The van der Waals surface area contributed by atoms with Crippen molar-refractivity contribution in [3.05, 3.63) is 12.7 Å². The minimum absolute atomic E-state index is 0.220. The van der Waals surface area contributed by atoms with Crippen molar-refractivity contribution in [1.82, 2.24) is 10.6 Å². The highest BCUT2D eigenvalue weighted by Crippen LogP contribution is 1.93. The van der Waals surface area contributed by atoms with E-state index in [1.165, 1.54) is 20.1 Å². The van der Waals surface area contributed by atoms with Crippen LogP contribution in [0.4, 0.5) is 0 Å². The van der Waals surface area contributed by atoms with Gasteiger partial charge in [0, 0.05) is 6.92 Å². The standard InChI is InChI=1S/C10H16N2O4/c1-4-5-8(12-7(2)13)10(15)11-6-9(14)16-3/h4,8H,1,5-6H2,2-3H3,(H,11,15)(H,12,13). The molecule has 0 aliphatic carbocycles. The second-order valence-electron chi connectivity index (χ2n) is 3.07. The number of ether oxygens (including phenoxy) is 1. The molecule has 0 spiro atoms. The molecule has 0 bridgehead atoms. The third-order valence-corrected chi connectivity index (χ3v) is 1.73. The minimum Gasteiger partial charge on any atom is -0.468 e. The Morgan fingerprint density at radius 2 is 2.06 bits per heavy atom. The molecule has 0 saturated heterocycles. The van der Waals surface area contributed by atoms with Crippen LogP contribution in [0.1, 0.15) is 13.3 Å². The molecule has 0 heterocycles. The van der Waals surface area contributed by atoms with Gasteiger partial charge in [0.1, 0.15) is 12.6 Å². The van der Waals surface area contributed by atoms with Gasteiger partial charge in [0.15, 0.2) is 0 Å². The van der Waals surface area contributed by atoms with Crippen molar-refractivity contribution in [2.24, 2.45) is 0 Å². The quantitative estimate of drug-likeness (QED) is 0.467. The Morgan fingerprint density at radius 3 is 2.50 bits per heavy atom. The Bertz CT molecular complexity index is 289. The molecule has 2 amide bonds. The normalized spacial score (nSPS) is 11.1. The number of hydrogen-bond donors (Lipinski definition) is 2. The summed E-state index contributed by atoms with van der Waals surface area (Å²) in [6, 6.07) is -0.709. The first-order chi connectivity index (χ1) is 7.51. The van der Waals surface area contributed by atoms with Gasteiger partial charge in [-0.2, -0.15) is 0 Å². The summed E-state index contributed by atoms with van der Waals surface area (Å²) in [5.74, 6) is -1.31. The molecule has 0 aromatic carbocycles. The zero-order valence-corrected chi connectivity index (χ0v) is 9.41. The average Bonchev–Trinajstić information content (AvgIpc) is 2.24. The average molecular weight is 228 g/mol. The van der Waals surface area contributed by atoms with Gasteiger partial charge in [-0.1, -0.05) is 6.08 Å². The first-order valence-electron chi connectivity index (χ1n) is 4.73. The molecule has 0 aromatic heterocycles. The van der Waals surface area contributed by atoms with Gasteiger partial charge in [-0.05, 0) is 6.42 Å². The van der Waals surface area contributed by atoms with Crippen LogP contribution in [0.15, 0.2) is 12.7 Å². The fraction of sp³-hybridized carbons (Fsp3) is 0.500. The monoisotopic (exact) mass is 228 g/mol. The van der Waals surface area contributed by atoms with Gasteiger partial charge in [0.25, 0.3) is 0 Å². The summed E-state index contributed by atoms with van der Waals surface area (Å²) < 4.78 is 4.36. The lowest BCUT2D eigenvalue weighted by Gasteiger charge is -2.15. The van der Waals surface area contributed by atoms with Crippen molar-refractivity contribution in [2.45, 2.75) is 19.4 Å². The Kier molecular flexibility index (Phi) is 6.58. The lowest BCUT2D eigenvalue weighted by molar-refractivity contribution is -0.141. The molecule has 6 heteroatoms. The lowest BCUT2D eigenvalue weighted by atomic mass is 10.2. The van der Waals surface area contributed by atoms with Crippen molar-refractivity contribution in [3.63, 3.8) is 0 Å². The summed E-state index contributed by atoms with van der Waals surface area (Å²) >= 11 is 0. The Labute approximate surface area is 94.0 Å². The van der Waals surface area contributed by atoms with Crippen molar-refractivity contribution >= 4 is 17.8 Å². The maximum Gasteiger partial charge on any atom is 0.325 e. The first-order valence-corrected chi connectivity index (χ1v) is 4.73. The third-order valence-electron chi connectivity index (χ3n) is 1.73. The van der Waals surface area contributed by atoms with E-state index in [-0.39, 0.29) is 12.5 Å². The van der Waals surface area contributed by atoms with Crippen LogP contribution in [0.5, 0.6) is 0 Å². The van der Waals surface area contributed by atoms with Gasteiger partial charge in [0.05, 0.1) is 7.11 Å². The summed E-state index contributed by atoms with van der Waals surface area (Å²) in [6.45, 7) is 4.57. The predicted octanol–water partition coefficient (Wildman–Crippen LogP) is -0.644. The highest BCUT2D eigenvalue weighted by molar-refractivity contribution is 5.89. The molecule has 2 N–H and O–H groups in total. The van der Waals surface area contributed by atoms with Gasteiger partial charge >= 0.3 is 5.97 Å². The Hall–Kier alpha value is -1.85. The van der Waals surface area contributed by atoms with Crippen molar-refractivity contribution in [2.75, 3.05) is 13.7 Å². The van der Waals surface area contributed by atoms with Crippen LogP contribution in [0.2, 0.25) is 0 Å². The number of hydrogen-bond acceptors (Lipinski definition) is 4. The van der Waals surface area contributed by atoms with E-state index >= 15 is 0 Å². The maximum atomic E-state index is 11.5. The number of nitrogens with one attached hydrogen (secondary N) is 2. The van der Waals surface area contributed by atoms with Crippen LogP contribution in [0.25, 0.3) is 0 Å². The molecule has 6 nitrogen and oxygen atoms in total. The van der Waals surface area contributed by atoms with Gasteiger partial charge in [0.2, 0.25) is 11.8 Å². The van der Waals surface area contributed by atoms with E-state index in [9.17, 15) is 14.4 Å². The molecule has 0 fully saturated rings. The van der Waals surface area contributed by atoms with E-state index in [2.05, 4.69) is 21.9 Å². The van der Waals surface area contributed by atoms with E-state index in [1.807, 2.05) is 0 Å². The molecule has 0 radical (unpaired) electrons. The van der Waals surface area contributed by atoms with E-state index in [4.69, 9.17) is 0 Å². The number of methoxy groups -OCH3 is 1. The van der Waals surface area contributed by atoms with Crippen LogP contribution >= 0.6 is 0 Å². The molecular formula is C10H16N2O4. The van der Waals surface area contributed by atoms with Crippen molar-refractivity contribution in [3.8, 4) is 0 Å². The van der Waals surface area contributed by atoms with Crippen LogP contribution in [0, 0.1) is 0 Å². The number of carbonyl (C=O) groups is 3. The SMILES string of the molecule is C=CCC(NC(C)=O)C(=O)NCC(=O)OC. The smallest absolute Gasteiger partial charge is 0.325 e. The second-order valence-corrected chi connectivity index (χ2v) is 3.07. The number of esters is 1. The molecule has 0 aliphatic heterocycles. The zero-order chi connectivity index (χ0) is 12.6. The van der Waals surface area contributed by atoms with Crippen molar-refractivity contribution in [1.29, 1.82) is 0 Å². The topological polar surface area (TPSA) is 84.5 Å². The van der Waals surface area contributed by atoms with Crippen LogP contribution in [0.3, 0.4) is 0 Å². The van der Waals surface area contributed by atoms with Crippen LogP contribution in [-0.2, 0) is 19.1 Å². The van der Waals surface area contributed by atoms with Crippen LogP contribution in [-0.4, -0.2) is 37.5 Å². The van der Waals surface area contributed by atoms with E-state index in [0.29, 0.717) is 6.42 Å². The number of carbonyl (C=O) groups excluding carboxylic acids is 3. The molecule has 1 atom stereocenters. The minimum atomic E-state index is -0.709. The van der Waals surface area contributed by atoms with E-state index in [0.717, 1.165) is 0 Å². The first kappa shape index (κ1) is 14.2. The largest absolute Gasteiger partial charge is 0.468 e. The Morgan fingerprint density at radius 1 is 1.44 bits per heavy atom. The summed E-state index contributed by atoms with van der Waals surface area (Å²) in [5.41, 5.74) is 0. The second kappa shape index (κ2) is 7.44. The van der Waals surface area contributed by atoms with E-state index in [1.54, 1.807) is 0 Å². The molecule has 0 rings (SSSR count). The summed E-state index contributed by atoms with van der Waals surface area (Å²) in [6.07, 6.45) is 1.81. The van der Waals surface area contributed by atoms with Gasteiger partial charge in [-0.15, -0.1) is 6.58 Å². The summed E-state index contributed by atoms with van der Waals surface area (Å²) in [5, 5.41) is 4.80. The molecule has 1 unspecified atom stereocenters. The molecular weight excluding hydrogens is 212 g/mol. The highest BCUT2D eigenvalue weighted by atomic mass is 16.5. The van der Waals surface area contributed by atoms with Crippen LogP contribution < -0.4 is 10.6 Å². The molecule has 16 heavy (non-hydrogen) atoms. The Balaban J connectivity index is 4.21. The fourth-order valence-electron chi connectivity index (χ4n) is 0.998. The summed E-state index contributed by atoms with van der Waals surface area (Å²) in [7, 11) is 1.23. The maximum absolute atomic E-state index is 11.5. The predicted molar refractivity (Wildman–Crippen MR) is 57.4 cm³/mol. The summed E-state index contributed by atoms with van der Waals surface area (Å²) in [4.78, 5) is 33.1. The lowest BCUT2D eigenvalue weighted by Crippen LogP contribution is -2.47. The van der Waals surface area contributed by atoms with Gasteiger partial charge in [-0.25, -0.2) is 0 Å². The van der Waals surface area contributed by atoms with Gasteiger partial charge in [-0.3, -0.25) is 14.4 Å². The molecule has 90 valence electrons. The third kappa shape index (κ3) is 5.79. The fourth-order valence-corrected chi connectivity index (χ4v) is 0.998. The van der Waals surface area contributed by atoms with E-state index < -0.39 is 17.9 Å². The highest BCUT2D eigenvalue weighted by Gasteiger charge is 2.18. The van der Waals surface area contributed by atoms with Crippen molar-refractivity contribution < 1.29 is 19.1 Å². The number of rotatable bonds is 6. The number of amides is 2. The molecule has 0 aliphatic rings. The molecule has 0 saturated carbocycles. The molecule has 0 aromatic rings. The zero-order valence-electron chi connectivity index (χ0n) is 9.41.